The molecule has 32 heavy (non-hydrogen) atoms. The highest BCUT2D eigenvalue weighted by Gasteiger charge is 2.25. The fourth-order valence-corrected chi connectivity index (χ4v) is 3.49. The minimum atomic E-state index is -0.538. The second kappa shape index (κ2) is 9.52. The summed E-state index contributed by atoms with van der Waals surface area (Å²) in [6.07, 6.45) is 1.61. The molecule has 0 amide bonds. The van der Waals surface area contributed by atoms with Crippen LogP contribution >= 0.6 is 22.6 Å². The molecule has 7 heteroatoms. The van der Waals surface area contributed by atoms with E-state index in [1.807, 2.05) is 25.1 Å². The summed E-state index contributed by atoms with van der Waals surface area (Å²) in [5.41, 5.74) is 3.38. The second-order valence-electron chi connectivity index (χ2n) is 7.09. The number of hydrogen-bond donors (Lipinski definition) is 0. The molecule has 5 nitrogen and oxygen atoms in total. The zero-order valence-electron chi connectivity index (χ0n) is 17.4. The van der Waals surface area contributed by atoms with Gasteiger partial charge in [0.25, 0.3) is 0 Å². The zero-order valence-corrected chi connectivity index (χ0v) is 19.6. The van der Waals surface area contributed by atoms with E-state index in [1.165, 1.54) is 19.2 Å². The van der Waals surface area contributed by atoms with Crippen LogP contribution in [-0.2, 0) is 16.1 Å². The average molecular weight is 543 g/mol. The first kappa shape index (κ1) is 22.0. The van der Waals surface area contributed by atoms with Crippen molar-refractivity contribution in [3.63, 3.8) is 0 Å². The molecule has 0 saturated heterocycles. The number of hydrogen-bond acceptors (Lipinski definition) is 5. The number of esters is 1. The SMILES string of the molecule is COc1cccc(/C=C2\N=C(c3ccc(I)c(C)c3)OC2=O)c1OCc1ccc(F)cc1. The Morgan fingerprint density at radius 1 is 1.12 bits per heavy atom. The molecule has 0 aliphatic carbocycles. The maximum Gasteiger partial charge on any atom is 0.363 e. The van der Waals surface area contributed by atoms with Gasteiger partial charge < -0.3 is 14.2 Å². The molecule has 0 radical (unpaired) electrons. The van der Waals surface area contributed by atoms with Crippen molar-refractivity contribution in [1.82, 2.24) is 0 Å². The summed E-state index contributed by atoms with van der Waals surface area (Å²) in [5, 5.41) is 0. The van der Waals surface area contributed by atoms with Crippen molar-refractivity contribution in [3.8, 4) is 11.5 Å². The number of aliphatic imine (C=N–C) groups is 1. The van der Waals surface area contributed by atoms with E-state index in [4.69, 9.17) is 14.2 Å². The van der Waals surface area contributed by atoms with Crippen molar-refractivity contribution in [1.29, 1.82) is 0 Å². The third-order valence-electron chi connectivity index (χ3n) is 4.84. The fraction of sp³-hybridized carbons (Fsp3) is 0.120. The summed E-state index contributed by atoms with van der Waals surface area (Å²) in [4.78, 5) is 16.9. The van der Waals surface area contributed by atoms with Crippen LogP contribution in [-0.4, -0.2) is 19.0 Å². The molecule has 0 bridgehead atoms. The number of cyclic esters (lactones) is 1. The lowest BCUT2D eigenvalue weighted by Gasteiger charge is -2.13. The van der Waals surface area contributed by atoms with E-state index >= 15 is 0 Å². The molecule has 0 fully saturated rings. The van der Waals surface area contributed by atoms with Crippen LogP contribution in [0.4, 0.5) is 4.39 Å². The third-order valence-corrected chi connectivity index (χ3v) is 6.05. The molecule has 1 aliphatic rings. The Morgan fingerprint density at radius 3 is 2.62 bits per heavy atom. The van der Waals surface area contributed by atoms with Gasteiger partial charge in [0.15, 0.2) is 17.2 Å². The summed E-state index contributed by atoms with van der Waals surface area (Å²) in [5.74, 6) is 0.368. The molecule has 162 valence electrons. The van der Waals surface area contributed by atoms with Crippen molar-refractivity contribution >= 4 is 40.5 Å². The molecule has 0 spiro atoms. The van der Waals surface area contributed by atoms with Crippen LogP contribution in [0.15, 0.2) is 71.4 Å². The summed E-state index contributed by atoms with van der Waals surface area (Å²) >= 11 is 2.25. The lowest BCUT2D eigenvalue weighted by atomic mass is 10.1. The Labute approximate surface area is 198 Å². The first-order valence-electron chi connectivity index (χ1n) is 9.78. The monoisotopic (exact) mass is 543 g/mol. The van der Waals surface area contributed by atoms with E-state index in [9.17, 15) is 9.18 Å². The van der Waals surface area contributed by atoms with Gasteiger partial charge in [0.05, 0.1) is 7.11 Å². The lowest BCUT2D eigenvalue weighted by molar-refractivity contribution is -0.129. The average Bonchev–Trinajstić information content (AvgIpc) is 3.15. The Bertz CT molecular complexity index is 1240. The molecule has 0 atom stereocenters. The molecule has 0 unspecified atom stereocenters. The number of rotatable bonds is 6. The second-order valence-corrected chi connectivity index (χ2v) is 8.26. The molecule has 1 heterocycles. The van der Waals surface area contributed by atoms with Gasteiger partial charge in [-0.15, -0.1) is 0 Å². The largest absolute Gasteiger partial charge is 0.493 e. The molecule has 0 aromatic heterocycles. The number of ether oxygens (including phenoxy) is 3. The topological polar surface area (TPSA) is 57.1 Å². The number of methoxy groups -OCH3 is 1. The van der Waals surface area contributed by atoms with Gasteiger partial charge in [-0.3, -0.25) is 0 Å². The molecule has 1 aliphatic heterocycles. The van der Waals surface area contributed by atoms with E-state index in [0.29, 0.717) is 17.1 Å². The van der Waals surface area contributed by atoms with Crippen LogP contribution in [0.2, 0.25) is 0 Å². The molecular weight excluding hydrogens is 524 g/mol. The molecule has 0 saturated carbocycles. The quantitative estimate of drug-likeness (QED) is 0.229. The van der Waals surface area contributed by atoms with Crippen LogP contribution in [0, 0.1) is 16.3 Å². The predicted molar refractivity (Wildman–Crippen MR) is 128 cm³/mol. The molecule has 0 N–H and O–H groups in total. The number of carbonyl (C=O) groups excluding carboxylic acids is 1. The molecule has 4 rings (SSSR count). The minimum Gasteiger partial charge on any atom is -0.493 e. The van der Waals surface area contributed by atoms with E-state index < -0.39 is 5.97 Å². The number of para-hydroxylation sites is 1. The number of benzene rings is 3. The van der Waals surface area contributed by atoms with Gasteiger partial charge in [-0.25, -0.2) is 14.2 Å². The van der Waals surface area contributed by atoms with E-state index in [1.54, 1.807) is 36.4 Å². The number of aryl methyl sites for hydroxylation is 1. The van der Waals surface area contributed by atoms with Crippen molar-refractivity contribution in [2.45, 2.75) is 13.5 Å². The lowest BCUT2D eigenvalue weighted by Crippen LogP contribution is -2.06. The first-order valence-corrected chi connectivity index (χ1v) is 10.9. The highest BCUT2D eigenvalue weighted by molar-refractivity contribution is 14.1. The summed E-state index contributed by atoms with van der Waals surface area (Å²) in [6.45, 7) is 2.19. The fourth-order valence-electron chi connectivity index (χ4n) is 3.16. The minimum absolute atomic E-state index is 0.163. The maximum atomic E-state index is 13.2. The normalized spacial score (nSPS) is 14.3. The predicted octanol–water partition coefficient (Wildman–Crippen LogP) is 5.67. The Balaban J connectivity index is 1.65. The Hall–Kier alpha value is -3.20. The van der Waals surface area contributed by atoms with Gasteiger partial charge in [0.2, 0.25) is 5.90 Å². The third kappa shape index (κ3) is 4.83. The van der Waals surface area contributed by atoms with Gasteiger partial charge in [0.1, 0.15) is 12.4 Å². The van der Waals surface area contributed by atoms with Crippen LogP contribution in [0.25, 0.3) is 6.08 Å². The Kier molecular flexibility index (Phi) is 6.55. The Morgan fingerprint density at radius 2 is 1.91 bits per heavy atom. The van der Waals surface area contributed by atoms with Crippen LogP contribution in [0.3, 0.4) is 0 Å². The van der Waals surface area contributed by atoms with Gasteiger partial charge in [0, 0.05) is 14.7 Å². The zero-order chi connectivity index (χ0) is 22.7. The highest BCUT2D eigenvalue weighted by Crippen LogP contribution is 2.34. The number of halogens is 2. The highest BCUT2D eigenvalue weighted by atomic mass is 127. The van der Waals surface area contributed by atoms with E-state index in [2.05, 4.69) is 27.6 Å². The van der Waals surface area contributed by atoms with Gasteiger partial charge in [-0.2, -0.15) is 0 Å². The first-order chi connectivity index (χ1) is 15.4. The maximum absolute atomic E-state index is 13.2. The smallest absolute Gasteiger partial charge is 0.363 e. The summed E-state index contributed by atoms with van der Waals surface area (Å²) in [6, 6.07) is 17.2. The summed E-state index contributed by atoms with van der Waals surface area (Å²) < 4.78 is 31.1. The standard InChI is InChI=1S/C25H19FINO4/c1-15-12-18(8-11-20(15)27)24-28-21(25(29)32-24)13-17-4-3-5-22(30-2)23(17)31-14-16-6-9-19(26)10-7-16/h3-13H,14H2,1-2H3/b21-13-. The molecular formula is C25H19FINO4. The van der Waals surface area contributed by atoms with Gasteiger partial charge in [-0.1, -0.05) is 24.3 Å². The van der Waals surface area contributed by atoms with Crippen molar-refractivity contribution in [2.75, 3.05) is 7.11 Å². The van der Waals surface area contributed by atoms with Gasteiger partial charge >= 0.3 is 5.97 Å². The molecule has 3 aromatic rings. The number of nitrogens with zero attached hydrogens (tertiary/aromatic N) is 1. The van der Waals surface area contributed by atoms with Crippen molar-refractivity contribution < 1.29 is 23.4 Å². The van der Waals surface area contributed by atoms with Crippen molar-refractivity contribution in [3.05, 3.63) is 98.0 Å². The van der Waals surface area contributed by atoms with E-state index in [0.717, 1.165) is 20.3 Å². The van der Waals surface area contributed by atoms with E-state index in [-0.39, 0.29) is 24.0 Å². The number of carbonyl (C=O) groups is 1. The molecule has 3 aromatic carbocycles. The van der Waals surface area contributed by atoms with Crippen LogP contribution < -0.4 is 9.47 Å². The van der Waals surface area contributed by atoms with Gasteiger partial charge in [-0.05, 0) is 83.1 Å². The van der Waals surface area contributed by atoms with Crippen LogP contribution in [0.1, 0.15) is 22.3 Å². The van der Waals surface area contributed by atoms with Crippen molar-refractivity contribution in [2.24, 2.45) is 4.99 Å². The van der Waals surface area contributed by atoms with Crippen LogP contribution in [0.5, 0.6) is 11.5 Å². The summed E-state index contributed by atoms with van der Waals surface area (Å²) in [7, 11) is 1.54.